The Kier molecular flexibility index (Phi) is 2.75. The molecule has 0 bridgehead atoms. The van der Waals surface area contributed by atoms with E-state index in [1.165, 1.54) is 16.9 Å². The molecule has 0 saturated heterocycles. The fourth-order valence-electron chi connectivity index (χ4n) is 1.44. The molecular weight excluding hydrogens is 210 g/mol. The molecule has 0 aliphatic heterocycles. The maximum Gasteiger partial charge on any atom is 0.198 e. The number of nitrogens with zero attached hydrogens (tertiary/aromatic N) is 1. The third kappa shape index (κ3) is 1.75. The van der Waals surface area contributed by atoms with Gasteiger partial charge in [-0.05, 0) is 25.5 Å². The molecule has 5 heteroatoms. The molecule has 0 fully saturated rings. The van der Waals surface area contributed by atoms with Crippen molar-refractivity contribution < 1.29 is 4.74 Å². The molecule has 2 aromatic rings. The lowest BCUT2D eigenvalue weighted by atomic mass is 10.2. The highest BCUT2D eigenvalue weighted by atomic mass is 32.1. The molecule has 0 spiro atoms. The van der Waals surface area contributed by atoms with Crippen molar-refractivity contribution in [2.24, 2.45) is 5.84 Å². The smallest absolute Gasteiger partial charge is 0.198 e. The number of aryl methyl sites for hydroxylation is 1. The number of hydrazine groups is 1. The number of hydrogen-bond donors (Lipinski definition) is 2. The quantitative estimate of drug-likeness (QED) is 0.619. The number of fused-ring (bicyclic) bond motifs is 1. The van der Waals surface area contributed by atoms with E-state index in [0.717, 1.165) is 16.0 Å². The van der Waals surface area contributed by atoms with Gasteiger partial charge in [0.15, 0.2) is 5.13 Å². The summed E-state index contributed by atoms with van der Waals surface area (Å²) in [6, 6.07) is 3.98. The fourth-order valence-corrected chi connectivity index (χ4v) is 2.30. The van der Waals surface area contributed by atoms with Gasteiger partial charge < -0.3 is 4.74 Å². The molecule has 4 nitrogen and oxygen atoms in total. The highest BCUT2D eigenvalue weighted by molar-refractivity contribution is 7.22. The van der Waals surface area contributed by atoms with E-state index in [9.17, 15) is 0 Å². The van der Waals surface area contributed by atoms with Crippen molar-refractivity contribution in [3.05, 3.63) is 17.7 Å². The van der Waals surface area contributed by atoms with E-state index in [-0.39, 0.29) is 0 Å². The molecule has 0 saturated carbocycles. The summed E-state index contributed by atoms with van der Waals surface area (Å²) in [5.41, 5.74) is 4.64. The second-order valence-electron chi connectivity index (χ2n) is 3.15. The lowest BCUT2D eigenvalue weighted by Crippen LogP contribution is -2.05. The second kappa shape index (κ2) is 4.04. The van der Waals surface area contributed by atoms with E-state index in [1.807, 2.05) is 19.1 Å². The van der Waals surface area contributed by atoms with Crippen molar-refractivity contribution in [2.45, 2.75) is 13.8 Å². The Labute approximate surface area is 92.0 Å². The van der Waals surface area contributed by atoms with Crippen LogP contribution >= 0.6 is 11.3 Å². The van der Waals surface area contributed by atoms with Crippen LogP contribution in [-0.2, 0) is 0 Å². The summed E-state index contributed by atoms with van der Waals surface area (Å²) in [4.78, 5) is 4.37. The molecule has 0 atom stereocenters. The van der Waals surface area contributed by atoms with Crippen molar-refractivity contribution in [1.82, 2.24) is 4.98 Å². The summed E-state index contributed by atoms with van der Waals surface area (Å²) in [6.07, 6.45) is 0. The Morgan fingerprint density at radius 3 is 3.00 bits per heavy atom. The molecule has 1 aromatic heterocycles. The highest BCUT2D eigenvalue weighted by Crippen LogP contribution is 2.34. The topological polar surface area (TPSA) is 60.2 Å². The number of aromatic nitrogens is 1. The SMILES string of the molecule is CCOc1ccc(C)c2sc(NN)nc12. The number of anilines is 1. The lowest BCUT2D eigenvalue weighted by Gasteiger charge is -2.04. The summed E-state index contributed by atoms with van der Waals surface area (Å²) < 4.78 is 6.63. The van der Waals surface area contributed by atoms with Crippen LogP contribution in [0.25, 0.3) is 10.2 Å². The zero-order chi connectivity index (χ0) is 10.8. The van der Waals surface area contributed by atoms with Gasteiger partial charge in [-0.3, -0.25) is 5.43 Å². The van der Waals surface area contributed by atoms with Crippen LogP contribution in [0.3, 0.4) is 0 Å². The zero-order valence-corrected chi connectivity index (χ0v) is 9.52. The molecule has 80 valence electrons. The van der Waals surface area contributed by atoms with Gasteiger partial charge in [0, 0.05) is 0 Å². The molecule has 1 heterocycles. The Morgan fingerprint density at radius 2 is 2.33 bits per heavy atom. The van der Waals surface area contributed by atoms with Gasteiger partial charge in [-0.2, -0.15) is 0 Å². The van der Waals surface area contributed by atoms with Crippen molar-refractivity contribution in [3.63, 3.8) is 0 Å². The van der Waals surface area contributed by atoms with Crippen molar-refractivity contribution in [3.8, 4) is 5.75 Å². The fraction of sp³-hybridized carbons (Fsp3) is 0.300. The largest absolute Gasteiger partial charge is 0.492 e. The number of nitrogens with one attached hydrogen (secondary N) is 1. The first-order valence-corrected chi connectivity index (χ1v) is 5.57. The normalized spacial score (nSPS) is 10.6. The summed E-state index contributed by atoms with van der Waals surface area (Å²) in [6.45, 7) is 4.65. The third-order valence-corrected chi connectivity index (χ3v) is 3.25. The first kappa shape index (κ1) is 10.2. The predicted molar refractivity (Wildman–Crippen MR) is 63.3 cm³/mol. The summed E-state index contributed by atoms with van der Waals surface area (Å²) >= 11 is 1.54. The predicted octanol–water partition coefficient (Wildman–Crippen LogP) is 2.29. The van der Waals surface area contributed by atoms with Crippen LogP contribution in [0.5, 0.6) is 5.75 Å². The number of ether oxygens (including phenoxy) is 1. The van der Waals surface area contributed by atoms with Gasteiger partial charge in [0.05, 0.1) is 11.3 Å². The van der Waals surface area contributed by atoms with Gasteiger partial charge in [0.25, 0.3) is 0 Å². The average molecular weight is 223 g/mol. The van der Waals surface area contributed by atoms with Gasteiger partial charge in [0.2, 0.25) is 0 Å². The summed E-state index contributed by atoms with van der Waals surface area (Å²) in [5, 5.41) is 0.709. The van der Waals surface area contributed by atoms with Crippen LogP contribution in [0.1, 0.15) is 12.5 Å². The first-order chi connectivity index (χ1) is 7.26. The van der Waals surface area contributed by atoms with Crippen LogP contribution in [-0.4, -0.2) is 11.6 Å². The van der Waals surface area contributed by atoms with Crippen LogP contribution in [0.2, 0.25) is 0 Å². The van der Waals surface area contributed by atoms with Gasteiger partial charge in [0.1, 0.15) is 11.3 Å². The van der Waals surface area contributed by atoms with Crippen molar-refractivity contribution in [2.75, 3.05) is 12.0 Å². The van der Waals surface area contributed by atoms with Gasteiger partial charge in [-0.25, -0.2) is 10.8 Å². The molecule has 3 N–H and O–H groups in total. The Balaban J connectivity index is 2.63. The minimum atomic E-state index is 0.640. The monoisotopic (exact) mass is 223 g/mol. The van der Waals surface area contributed by atoms with E-state index in [2.05, 4.69) is 17.3 Å². The molecular formula is C10H13N3OS. The van der Waals surface area contributed by atoms with Gasteiger partial charge >= 0.3 is 0 Å². The van der Waals surface area contributed by atoms with Crippen LogP contribution in [0.15, 0.2) is 12.1 Å². The number of benzene rings is 1. The van der Waals surface area contributed by atoms with E-state index in [0.29, 0.717) is 11.7 Å². The zero-order valence-electron chi connectivity index (χ0n) is 8.70. The van der Waals surface area contributed by atoms with E-state index < -0.39 is 0 Å². The van der Waals surface area contributed by atoms with E-state index in [4.69, 9.17) is 10.6 Å². The van der Waals surface area contributed by atoms with E-state index >= 15 is 0 Å². The molecule has 0 unspecified atom stereocenters. The maximum absolute atomic E-state index is 5.51. The van der Waals surface area contributed by atoms with Gasteiger partial charge in [-0.15, -0.1) is 0 Å². The first-order valence-electron chi connectivity index (χ1n) is 4.75. The second-order valence-corrected chi connectivity index (χ2v) is 4.15. The summed E-state index contributed by atoms with van der Waals surface area (Å²) in [5.74, 6) is 6.16. The number of hydrogen-bond acceptors (Lipinski definition) is 5. The molecule has 0 radical (unpaired) electrons. The molecule has 1 aromatic carbocycles. The maximum atomic E-state index is 5.51. The van der Waals surface area contributed by atoms with Crippen LogP contribution < -0.4 is 16.0 Å². The number of thiazole rings is 1. The van der Waals surface area contributed by atoms with E-state index in [1.54, 1.807) is 0 Å². The molecule has 15 heavy (non-hydrogen) atoms. The Hall–Kier alpha value is -1.33. The number of nitrogen functional groups attached to an aromatic ring is 1. The molecule has 0 amide bonds. The molecule has 0 aliphatic carbocycles. The van der Waals surface area contributed by atoms with Crippen LogP contribution in [0.4, 0.5) is 5.13 Å². The van der Waals surface area contributed by atoms with Crippen LogP contribution in [0, 0.1) is 6.92 Å². The lowest BCUT2D eigenvalue weighted by molar-refractivity contribution is 0.343. The minimum Gasteiger partial charge on any atom is -0.492 e. The van der Waals surface area contributed by atoms with Crippen molar-refractivity contribution in [1.29, 1.82) is 0 Å². The summed E-state index contributed by atoms with van der Waals surface area (Å²) in [7, 11) is 0. The standard InChI is InChI=1S/C10H13N3OS/c1-3-14-7-5-4-6(2)9-8(7)12-10(13-11)15-9/h4-5H,3,11H2,1-2H3,(H,12,13). The van der Waals surface area contributed by atoms with Crippen molar-refractivity contribution >= 4 is 26.7 Å². The minimum absolute atomic E-state index is 0.640. The molecule has 2 rings (SSSR count). The Morgan fingerprint density at radius 1 is 1.53 bits per heavy atom. The number of nitrogens with two attached hydrogens (primary N) is 1. The molecule has 0 aliphatic rings. The average Bonchev–Trinajstić information content (AvgIpc) is 2.67. The van der Waals surface area contributed by atoms with Gasteiger partial charge in [-0.1, -0.05) is 17.4 Å². The third-order valence-electron chi connectivity index (χ3n) is 2.13. The Bertz CT molecular complexity index is 481. The highest BCUT2D eigenvalue weighted by Gasteiger charge is 2.10. The number of rotatable bonds is 3.